The molecular formula is C24H26N2O6. The SMILES string of the molecule is CC(C)[C@H](NC(=O)OCC1C2=C(CCC=C2)c2ccccc21)C(=O)ON1C(=O)CCC1=O. The van der Waals surface area contributed by atoms with Gasteiger partial charge in [0, 0.05) is 18.8 Å². The number of benzene rings is 1. The van der Waals surface area contributed by atoms with Gasteiger partial charge in [-0.25, -0.2) is 9.59 Å². The number of nitrogens with zero attached hydrogens (tertiary/aromatic N) is 1. The van der Waals surface area contributed by atoms with Crippen LogP contribution in [0.5, 0.6) is 0 Å². The van der Waals surface area contributed by atoms with E-state index in [1.54, 1.807) is 13.8 Å². The van der Waals surface area contributed by atoms with Crippen molar-refractivity contribution in [2.45, 2.75) is 51.5 Å². The number of hydrogen-bond donors (Lipinski definition) is 1. The van der Waals surface area contributed by atoms with Gasteiger partial charge < -0.3 is 14.9 Å². The van der Waals surface area contributed by atoms with Gasteiger partial charge in [-0.1, -0.05) is 50.3 Å². The van der Waals surface area contributed by atoms with Crippen molar-refractivity contribution in [1.82, 2.24) is 10.4 Å². The molecule has 8 nitrogen and oxygen atoms in total. The molecule has 2 atom stereocenters. The Bertz CT molecular complexity index is 1010. The fraction of sp³-hybridized carbons (Fsp3) is 0.417. The van der Waals surface area contributed by atoms with Gasteiger partial charge >= 0.3 is 12.1 Å². The Morgan fingerprint density at radius 1 is 1.12 bits per heavy atom. The summed E-state index contributed by atoms with van der Waals surface area (Å²) >= 11 is 0. The Balaban J connectivity index is 1.39. The number of carbonyl (C=O) groups is 4. The van der Waals surface area contributed by atoms with Gasteiger partial charge in [0.1, 0.15) is 12.6 Å². The number of fused-ring (bicyclic) bond motifs is 2. The van der Waals surface area contributed by atoms with E-state index in [0.717, 1.165) is 24.0 Å². The van der Waals surface area contributed by atoms with Crippen molar-refractivity contribution >= 4 is 29.5 Å². The maximum absolute atomic E-state index is 12.5. The van der Waals surface area contributed by atoms with E-state index in [0.29, 0.717) is 5.06 Å². The third-order valence-electron chi connectivity index (χ3n) is 6.01. The minimum absolute atomic E-state index is 0.00305. The first kappa shape index (κ1) is 21.8. The number of amides is 3. The summed E-state index contributed by atoms with van der Waals surface area (Å²) in [5.74, 6) is -2.43. The van der Waals surface area contributed by atoms with E-state index in [1.807, 2.05) is 18.2 Å². The van der Waals surface area contributed by atoms with E-state index in [4.69, 9.17) is 9.57 Å². The molecule has 1 aromatic carbocycles. The third-order valence-corrected chi connectivity index (χ3v) is 6.01. The van der Waals surface area contributed by atoms with E-state index in [1.165, 1.54) is 11.1 Å². The first-order valence-corrected chi connectivity index (χ1v) is 10.9. The lowest BCUT2D eigenvalue weighted by Crippen LogP contribution is -2.48. The van der Waals surface area contributed by atoms with Crippen LogP contribution in [0, 0.1) is 5.92 Å². The molecule has 3 amide bonds. The summed E-state index contributed by atoms with van der Waals surface area (Å²) in [6.07, 6.45) is 5.42. The van der Waals surface area contributed by atoms with E-state index in [-0.39, 0.29) is 31.3 Å². The van der Waals surface area contributed by atoms with Crippen molar-refractivity contribution < 1.29 is 28.8 Å². The number of carbonyl (C=O) groups excluding carboxylic acids is 4. The van der Waals surface area contributed by atoms with Crippen molar-refractivity contribution in [2.24, 2.45) is 5.92 Å². The Hall–Kier alpha value is -3.42. The standard InChI is InChI=1S/C24H26N2O6/c1-14(2)22(23(29)32-26-20(27)11-12-21(26)28)25-24(30)31-13-19-17-9-5-3-7-15(17)16-8-4-6-10-18(16)19/h3,5-7,9-10,14,19,22H,4,8,11-13H2,1-2H3,(H,25,30)/t19?,22-/m0/s1. The number of alkyl carbamates (subject to hydrolysis) is 1. The first-order chi connectivity index (χ1) is 15.4. The highest BCUT2D eigenvalue weighted by atomic mass is 16.7. The molecule has 0 bridgehead atoms. The second-order valence-electron chi connectivity index (χ2n) is 8.47. The highest BCUT2D eigenvalue weighted by Crippen LogP contribution is 2.46. The van der Waals surface area contributed by atoms with Gasteiger partial charge in [0.2, 0.25) is 0 Å². The number of rotatable bonds is 6. The lowest BCUT2D eigenvalue weighted by molar-refractivity contribution is -0.199. The normalized spacial score (nSPS) is 20.3. The predicted octanol–water partition coefficient (Wildman–Crippen LogP) is 3.25. The number of hydrogen-bond acceptors (Lipinski definition) is 6. The number of ether oxygens (including phenoxy) is 1. The number of hydroxylamine groups is 2. The average molecular weight is 438 g/mol. The van der Waals surface area contributed by atoms with E-state index in [2.05, 4.69) is 23.5 Å². The van der Waals surface area contributed by atoms with Crippen LogP contribution < -0.4 is 5.32 Å². The summed E-state index contributed by atoms with van der Waals surface area (Å²) in [7, 11) is 0. The summed E-state index contributed by atoms with van der Waals surface area (Å²) in [5, 5.41) is 3.00. The molecular weight excluding hydrogens is 412 g/mol. The Morgan fingerprint density at radius 2 is 1.84 bits per heavy atom. The van der Waals surface area contributed by atoms with Crippen LogP contribution >= 0.6 is 0 Å². The smallest absolute Gasteiger partial charge is 0.407 e. The summed E-state index contributed by atoms with van der Waals surface area (Å²) in [6.45, 7) is 3.57. The fourth-order valence-corrected chi connectivity index (χ4v) is 4.35. The van der Waals surface area contributed by atoms with Gasteiger partial charge in [-0.2, -0.15) is 0 Å². The Kier molecular flexibility index (Phi) is 6.12. The molecule has 0 saturated carbocycles. The molecule has 1 aliphatic heterocycles. The number of nitrogens with one attached hydrogen (secondary N) is 1. The van der Waals surface area contributed by atoms with Gasteiger partial charge in [-0.05, 0) is 41.0 Å². The molecule has 1 N–H and O–H groups in total. The summed E-state index contributed by atoms with van der Waals surface area (Å²) in [4.78, 5) is 53.4. The summed E-state index contributed by atoms with van der Waals surface area (Å²) in [5.41, 5.74) is 4.78. The molecule has 0 radical (unpaired) electrons. The van der Waals surface area contributed by atoms with E-state index >= 15 is 0 Å². The van der Waals surface area contributed by atoms with Gasteiger partial charge in [-0.15, -0.1) is 5.06 Å². The van der Waals surface area contributed by atoms with Crippen LogP contribution in [-0.4, -0.2) is 41.6 Å². The largest absolute Gasteiger partial charge is 0.449 e. The number of imide groups is 1. The summed E-state index contributed by atoms with van der Waals surface area (Å²) in [6, 6.07) is 7.05. The van der Waals surface area contributed by atoms with Crippen molar-refractivity contribution in [1.29, 1.82) is 0 Å². The molecule has 1 unspecified atom stereocenters. The lowest BCUT2D eigenvalue weighted by atomic mass is 9.93. The summed E-state index contributed by atoms with van der Waals surface area (Å²) < 4.78 is 5.50. The van der Waals surface area contributed by atoms with Crippen LogP contribution in [0.1, 0.15) is 56.6 Å². The highest BCUT2D eigenvalue weighted by Gasteiger charge is 2.37. The first-order valence-electron chi connectivity index (χ1n) is 10.9. The molecule has 4 rings (SSSR count). The zero-order valence-corrected chi connectivity index (χ0v) is 18.1. The molecule has 32 heavy (non-hydrogen) atoms. The topological polar surface area (TPSA) is 102 Å². The Labute approximate surface area is 186 Å². The van der Waals surface area contributed by atoms with Crippen LogP contribution in [0.3, 0.4) is 0 Å². The zero-order chi connectivity index (χ0) is 22.8. The quantitative estimate of drug-likeness (QED) is 0.684. The van der Waals surface area contributed by atoms with Crippen molar-refractivity contribution in [3.63, 3.8) is 0 Å². The molecule has 1 aromatic rings. The number of allylic oxidation sites excluding steroid dienone is 3. The second-order valence-corrected chi connectivity index (χ2v) is 8.47. The van der Waals surface area contributed by atoms with Gasteiger partial charge in [0.25, 0.3) is 11.8 Å². The maximum atomic E-state index is 12.5. The zero-order valence-electron chi connectivity index (χ0n) is 18.1. The van der Waals surface area contributed by atoms with Crippen LogP contribution in [-0.2, 0) is 24.0 Å². The van der Waals surface area contributed by atoms with E-state index < -0.39 is 29.9 Å². The third kappa shape index (κ3) is 4.17. The molecule has 1 saturated heterocycles. The minimum atomic E-state index is -1.07. The maximum Gasteiger partial charge on any atom is 0.407 e. The van der Waals surface area contributed by atoms with Crippen molar-refractivity contribution in [3.05, 3.63) is 53.1 Å². The second kappa shape index (κ2) is 8.98. The molecule has 0 spiro atoms. The lowest BCUT2D eigenvalue weighted by Gasteiger charge is -2.23. The fourth-order valence-electron chi connectivity index (χ4n) is 4.35. The molecule has 168 valence electrons. The highest BCUT2D eigenvalue weighted by molar-refractivity contribution is 6.01. The van der Waals surface area contributed by atoms with Gasteiger partial charge in [0.05, 0.1) is 0 Å². The molecule has 1 fully saturated rings. The minimum Gasteiger partial charge on any atom is -0.449 e. The van der Waals surface area contributed by atoms with Crippen molar-refractivity contribution in [3.8, 4) is 0 Å². The molecule has 8 heteroatoms. The molecule has 2 aliphatic carbocycles. The van der Waals surface area contributed by atoms with Crippen molar-refractivity contribution in [2.75, 3.05) is 6.61 Å². The average Bonchev–Trinajstić information content (AvgIpc) is 3.27. The van der Waals surface area contributed by atoms with E-state index in [9.17, 15) is 19.2 Å². The van der Waals surface area contributed by atoms with Crippen LogP contribution in [0.25, 0.3) is 5.57 Å². The van der Waals surface area contributed by atoms with Gasteiger partial charge in [0.15, 0.2) is 0 Å². The molecule has 0 aromatic heterocycles. The molecule has 1 heterocycles. The van der Waals surface area contributed by atoms with Gasteiger partial charge in [-0.3, -0.25) is 9.59 Å². The van der Waals surface area contributed by atoms with Crippen LogP contribution in [0.4, 0.5) is 4.79 Å². The monoisotopic (exact) mass is 438 g/mol. The van der Waals surface area contributed by atoms with Crippen LogP contribution in [0.2, 0.25) is 0 Å². The molecule has 3 aliphatic rings. The van der Waals surface area contributed by atoms with Crippen LogP contribution in [0.15, 0.2) is 42.0 Å². The Morgan fingerprint density at radius 3 is 2.56 bits per heavy atom. The predicted molar refractivity (Wildman–Crippen MR) is 115 cm³/mol.